The highest BCUT2D eigenvalue weighted by molar-refractivity contribution is 6.21. The summed E-state index contributed by atoms with van der Waals surface area (Å²) in [7, 11) is 0. The van der Waals surface area contributed by atoms with E-state index >= 15 is 4.39 Å². The van der Waals surface area contributed by atoms with Crippen LogP contribution in [0.4, 0.5) is 10.1 Å². The van der Waals surface area contributed by atoms with Crippen molar-refractivity contribution in [3.8, 4) is 34.6 Å². The van der Waals surface area contributed by atoms with Crippen LogP contribution in [0.25, 0.3) is 61.1 Å². The van der Waals surface area contributed by atoms with Gasteiger partial charge in [0.1, 0.15) is 5.82 Å². The summed E-state index contributed by atoms with van der Waals surface area (Å²) in [4.78, 5) is 5.71. The fourth-order valence-electron chi connectivity index (χ4n) is 8.31. The number of nitrogens with two attached hydrogens (primary N) is 1. The number of hydrogen-bond acceptors (Lipinski definition) is 2. The third-order valence-corrected chi connectivity index (χ3v) is 11.6. The molecule has 61 heavy (non-hydrogen) atoms. The van der Waals surface area contributed by atoms with Crippen LogP contribution in [0.5, 0.6) is 0 Å². The molecule has 0 heterocycles. The predicted molar refractivity (Wildman–Crippen MR) is 265 cm³/mol. The third-order valence-electron chi connectivity index (χ3n) is 11.6. The number of aliphatic imine (C=N–C) groups is 1. The maximum absolute atomic E-state index is 16.6. The molecule has 2 nitrogen and oxygen atoms in total. The minimum absolute atomic E-state index is 0.280. The van der Waals surface area contributed by atoms with Gasteiger partial charge in [0.25, 0.3) is 0 Å². The second kappa shape index (κ2) is 20.0. The van der Waals surface area contributed by atoms with Crippen molar-refractivity contribution in [1.82, 2.24) is 0 Å². The van der Waals surface area contributed by atoms with Crippen molar-refractivity contribution in [2.24, 2.45) is 4.99 Å². The molecule has 2 N–H and O–H groups in total. The van der Waals surface area contributed by atoms with Crippen LogP contribution in [0.3, 0.4) is 0 Å². The minimum Gasteiger partial charge on any atom is -0.398 e. The van der Waals surface area contributed by atoms with E-state index in [4.69, 9.17) is 17.1 Å². The lowest BCUT2D eigenvalue weighted by atomic mass is 9.85. The van der Waals surface area contributed by atoms with Gasteiger partial charge in [-0.15, -0.1) is 6.42 Å². The molecule has 0 spiro atoms. The Morgan fingerprint density at radius 3 is 2.05 bits per heavy atom. The molecule has 0 atom stereocenters. The molecule has 306 valence electrons. The van der Waals surface area contributed by atoms with E-state index in [0.29, 0.717) is 11.3 Å². The second-order valence-electron chi connectivity index (χ2n) is 15.3. The number of allylic oxidation sites excluding steroid dienone is 4. The molecular formula is C58H57FN2. The van der Waals surface area contributed by atoms with E-state index in [1.807, 2.05) is 68.5 Å². The van der Waals surface area contributed by atoms with Crippen LogP contribution in [0.15, 0.2) is 156 Å². The zero-order chi connectivity index (χ0) is 43.6. The lowest BCUT2D eigenvalue weighted by Crippen LogP contribution is -2.11. The Kier molecular flexibility index (Phi) is 14.4. The quantitative estimate of drug-likeness (QED) is 0.0602. The number of anilines is 1. The van der Waals surface area contributed by atoms with Gasteiger partial charge in [-0.2, -0.15) is 0 Å². The normalized spacial score (nSPS) is 12.5. The Hall–Kier alpha value is -6.76. The average Bonchev–Trinajstić information content (AvgIpc) is 3.29. The van der Waals surface area contributed by atoms with Crippen molar-refractivity contribution in [2.75, 3.05) is 5.73 Å². The van der Waals surface area contributed by atoms with E-state index in [1.165, 1.54) is 5.57 Å². The van der Waals surface area contributed by atoms with Gasteiger partial charge in [0, 0.05) is 27.9 Å². The summed E-state index contributed by atoms with van der Waals surface area (Å²) in [5.74, 6) is 2.33. The van der Waals surface area contributed by atoms with Crippen molar-refractivity contribution < 1.29 is 4.39 Å². The van der Waals surface area contributed by atoms with Crippen molar-refractivity contribution >= 4 is 50.3 Å². The highest BCUT2D eigenvalue weighted by Crippen LogP contribution is 2.40. The smallest absolute Gasteiger partial charge is 0.131 e. The number of nitrogens with zero attached hydrogens (tertiary/aromatic N) is 1. The molecule has 7 rings (SSSR count). The van der Waals surface area contributed by atoms with Crippen molar-refractivity contribution in [3.63, 3.8) is 0 Å². The number of benzene rings is 7. The first kappa shape index (κ1) is 43.8. The Bertz CT molecular complexity index is 2880. The molecule has 3 heteroatoms. The standard InChI is InChI=1S/C56H51FN2.C2H6/c1-8-11-24-43-38(6)42-25-15-16-26-45(42)51-34-50(53(57)35-52(43)51)41-32-31-37(5)49(33-41)39(7)44(21-9-2)56(59-55(36(4)10-3)40-22-13-12-14-23-40)48-29-18-17-27-46(48)47-28-19-20-30-54(47)58;1-2/h1,11-20,22-35H,9-10,21,58H2,2-7H3;1-2H3/b24-11-,44-39+,55-36?,59-56?;. The van der Waals surface area contributed by atoms with Crippen LogP contribution in [0.1, 0.15) is 94.2 Å². The van der Waals surface area contributed by atoms with Gasteiger partial charge in [-0.3, -0.25) is 0 Å². The van der Waals surface area contributed by atoms with Crippen LogP contribution in [0.2, 0.25) is 0 Å². The Morgan fingerprint density at radius 1 is 0.705 bits per heavy atom. The van der Waals surface area contributed by atoms with Gasteiger partial charge in [0.2, 0.25) is 0 Å². The van der Waals surface area contributed by atoms with Crippen molar-refractivity contribution in [3.05, 3.63) is 190 Å². The largest absolute Gasteiger partial charge is 0.398 e. The number of aryl methyl sites for hydroxylation is 2. The first-order chi connectivity index (χ1) is 29.7. The Balaban J connectivity index is 0.00000307. The topological polar surface area (TPSA) is 38.4 Å². The molecule has 7 aromatic carbocycles. The highest BCUT2D eigenvalue weighted by atomic mass is 19.1. The Morgan fingerprint density at radius 2 is 1.36 bits per heavy atom. The second-order valence-corrected chi connectivity index (χ2v) is 15.3. The van der Waals surface area contributed by atoms with Crippen LogP contribution in [0, 0.1) is 32.0 Å². The monoisotopic (exact) mass is 800 g/mol. The van der Waals surface area contributed by atoms with E-state index in [1.54, 1.807) is 12.1 Å². The lowest BCUT2D eigenvalue weighted by molar-refractivity contribution is 0.633. The van der Waals surface area contributed by atoms with Gasteiger partial charge in [0.15, 0.2) is 0 Å². The lowest BCUT2D eigenvalue weighted by Gasteiger charge is -2.22. The van der Waals surface area contributed by atoms with Gasteiger partial charge in [0.05, 0.1) is 11.4 Å². The molecule has 0 aliphatic heterocycles. The van der Waals surface area contributed by atoms with E-state index in [-0.39, 0.29) is 5.82 Å². The summed E-state index contributed by atoms with van der Waals surface area (Å²) < 4.78 is 16.6. The maximum Gasteiger partial charge on any atom is 0.131 e. The summed E-state index contributed by atoms with van der Waals surface area (Å²) in [6.45, 7) is 17.0. The molecule has 0 unspecified atom stereocenters. The summed E-state index contributed by atoms with van der Waals surface area (Å²) >= 11 is 0. The number of fused-ring (bicyclic) bond motifs is 3. The average molecular weight is 801 g/mol. The molecule has 0 saturated heterocycles. The molecule has 0 bridgehead atoms. The summed E-state index contributed by atoms with van der Waals surface area (Å²) in [6.07, 6.45) is 11.8. The fraction of sp³-hybridized carbons (Fsp3) is 0.190. The van der Waals surface area contributed by atoms with E-state index in [2.05, 4.69) is 126 Å². The van der Waals surface area contributed by atoms with Crippen LogP contribution in [-0.2, 0) is 0 Å². The summed E-state index contributed by atoms with van der Waals surface area (Å²) in [6, 6.07) is 45.3. The molecule has 0 aliphatic rings. The van der Waals surface area contributed by atoms with Crippen molar-refractivity contribution in [2.45, 2.75) is 74.7 Å². The Labute approximate surface area is 363 Å². The van der Waals surface area contributed by atoms with Crippen molar-refractivity contribution in [1.29, 1.82) is 0 Å². The molecule has 0 radical (unpaired) electrons. The van der Waals surface area contributed by atoms with Gasteiger partial charge in [-0.05, 0) is 149 Å². The minimum atomic E-state index is -0.280. The molecule has 0 aliphatic carbocycles. The zero-order valence-electron chi connectivity index (χ0n) is 37.0. The fourth-order valence-corrected chi connectivity index (χ4v) is 8.31. The summed E-state index contributed by atoms with van der Waals surface area (Å²) in [5.41, 5.74) is 22.3. The number of hydrogen-bond donors (Lipinski definition) is 1. The van der Waals surface area contributed by atoms with E-state index in [9.17, 15) is 0 Å². The van der Waals surface area contributed by atoms with Gasteiger partial charge in [-0.1, -0.05) is 149 Å². The van der Waals surface area contributed by atoms with E-state index < -0.39 is 0 Å². The predicted octanol–water partition coefficient (Wildman–Crippen LogP) is 16.2. The molecule has 0 aromatic heterocycles. The molecule has 0 amide bonds. The zero-order valence-corrected chi connectivity index (χ0v) is 37.0. The van der Waals surface area contributed by atoms with Crippen LogP contribution in [-0.4, -0.2) is 5.71 Å². The number of nitrogen functional groups attached to an aromatic ring is 1. The summed E-state index contributed by atoms with van der Waals surface area (Å²) in [5, 5.41) is 4.02. The molecule has 0 saturated carbocycles. The first-order valence-corrected chi connectivity index (χ1v) is 21.5. The van der Waals surface area contributed by atoms with Gasteiger partial charge >= 0.3 is 0 Å². The van der Waals surface area contributed by atoms with Gasteiger partial charge < -0.3 is 5.73 Å². The maximum atomic E-state index is 16.6. The number of halogens is 1. The number of terminal acetylenes is 1. The highest BCUT2D eigenvalue weighted by Gasteiger charge is 2.22. The van der Waals surface area contributed by atoms with Crippen LogP contribution < -0.4 is 5.73 Å². The molecule has 0 fully saturated rings. The first-order valence-electron chi connectivity index (χ1n) is 21.5. The number of para-hydroxylation sites is 1. The SMILES string of the molecule is C#C/C=C\c1c(C)c2ccccc2c2cc(-c3ccc(C)c(/C(C)=C(\CCC)C(=NC(=C(C)CC)c4ccccc4)c4ccccc4-c4ccccc4N)c3)c(F)cc12.CC. The van der Waals surface area contributed by atoms with Crippen LogP contribution >= 0.6 is 0 Å². The molecular weight excluding hydrogens is 744 g/mol. The molecule has 7 aromatic rings. The number of rotatable bonds is 11. The third kappa shape index (κ3) is 9.06. The van der Waals surface area contributed by atoms with Gasteiger partial charge in [-0.25, -0.2) is 9.38 Å². The van der Waals surface area contributed by atoms with E-state index in [0.717, 1.165) is 113 Å².